The number of pyridine rings is 1. The summed E-state index contributed by atoms with van der Waals surface area (Å²) >= 11 is 1.60. The van der Waals surface area contributed by atoms with Crippen molar-refractivity contribution in [2.45, 2.75) is 32.4 Å². The van der Waals surface area contributed by atoms with Crippen LogP contribution in [0.3, 0.4) is 0 Å². The molecular weight excluding hydrogens is 404 g/mol. The number of morpholine rings is 1. The largest absolute Gasteiger partial charge is 0.465 e. The van der Waals surface area contributed by atoms with Crippen molar-refractivity contribution in [1.82, 2.24) is 20.2 Å². The van der Waals surface area contributed by atoms with Gasteiger partial charge in [-0.05, 0) is 37.5 Å². The Kier molecular flexibility index (Phi) is 6.66. The summed E-state index contributed by atoms with van der Waals surface area (Å²) in [6.45, 7) is 7.82. The van der Waals surface area contributed by atoms with Crippen LogP contribution < -0.4 is 15.5 Å². The van der Waals surface area contributed by atoms with E-state index in [1.54, 1.807) is 11.3 Å². The summed E-state index contributed by atoms with van der Waals surface area (Å²) in [5.41, 5.74) is 1.20. The Morgan fingerprint density at radius 1 is 1.27 bits per heavy atom. The second-order valence-electron chi connectivity index (χ2n) is 7.72. The van der Waals surface area contributed by atoms with Crippen molar-refractivity contribution in [3.05, 3.63) is 28.8 Å². The molecule has 4 rings (SSSR count). The van der Waals surface area contributed by atoms with Gasteiger partial charge in [-0.3, -0.25) is 4.90 Å². The van der Waals surface area contributed by atoms with Gasteiger partial charge < -0.3 is 25.4 Å². The number of anilines is 3. The van der Waals surface area contributed by atoms with E-state index in [-0.39, 0.29) is 6.04 Å². The molecule has 2 fully saturated rings. The number of amides is 1. The van der Waals surface area contributed by atoms with E-state index in [9.17, 15) is 4.79 Å². The Hall–Kier alpha value is -2.43. The number of carboxylic acid groups (broad SMARTS) is 1. The smallest absolute Gasteiger partial charge is 0.404 e. The lowest BCUT2D eigenvalue weighted by atomic mass is 10.1. The van der Waals surface area contributed by atoms with E-state index >= 15 is 0 Å². The minimum atomic E-state index is -0.954. The number of nitrogens with one attached hydrogen (secondary N) is 2. The molecule has 0 saturated carbocycles. The Morgan fingerprint density at radius 2 is 2.03 bits per heavy atom. The van der Waals surface area contributed by atoms with Gasteiger partial charge >= 0.3 is 6.09 Å². The van der Waals surface area contributed by atoms with Crippen LogP contribution in [0.15, 0.2) is 18.3 Å². The Labute approximate surface area is 180 Å². The molecule has 1 amide bonds. The van der Waals surface area contributed by atoms with Crippen molar-refractivity contribution in [3.8, 4) is 0 Å². The number of carbonyl (C=O) groups is 1. The van der Waals surface area contributed by atoms with Gasteiger partial charge in [0.1, 0.15) is 11.6 Å². The quantitative estimate of drug-likeness (QED) is 0.640. The number of rotatable bonds is 6. The molecule has 0 bridgehead atoms. The lowest BCUT2D eigenvalue weighted by Gasteiger charge is -2.33. The van der Waals surface area contributed by atoms with E-state index in [2.05, 4.69) is 37.6 Å². The summed E-state index contributed by atoms with van der Waals surface area (Å²) in [5, 5.41) is 15.7. The number of aryl methyl sites for hydroxylation is 1. The molecule has 162 valence electrons. The number of piperidine rings is 1. The van der Waals surface area contributed by atoms with Gasteiger partial charge in [0.05, 0.1) is 13.2 Å². The number of thiazole rings is 1. The Morgan fingerprint density at radius 3 is 2.70 bits per heavy atom. The van der Waals surface area contributed by atoms with Crippen molar-refractivity contribution in [3.63, 3.8) is 0 Å². The zero-order valence-electron chi connectivity index (χ0n) is 17.1. The molecule has 0 atom stereocenters. The molecule has 2 saturated heterocycles. The van der Waals surface area contributed by atoms with Gasteiger partial charge in [0, 0.05) is 49.8 Å². The van der Waals surface area contributed by atoms with Crippen molar-refractivity contribution in [1.29, 1.82) is 0 Å². The molecule has 2 aromatic rings. The van der Waals surface area contributed by atoms with Gasteiger partial charge in [-0.1, -0.05) is 0 Å². The molecule has 2 aliphatic rings. The first-order valence-corrected chi connectivity index (χ1v) is 11.1. The van der Waals surface area contributed by atoms with Gasteiger partial charge in [0.2, 0.25) is 0 Å². The summed E-state index contributed by atoms with van der Waals surface area (Å²) in [7, 11) is 0. The van der Waals surface area contributed by atoms with Crippen LogP contribution in [0.2, 0.25) is 0 Å². The topological polar surface area (TPSA) is 103 Å². The lowest BCUT2D eigenvalue weighted by Crippen LogP contribution is -2.44. The fourth-order valence-electron chi connectivity index (χ4n) is 3.86. The van der Waals surface area contributed by atoms with Crippen LogP contribution in [0, 0.1) is 6.92 Å². The number of aromatic nitrogens is 2. The first-order chi connectivity index (χ1) is 14.5. The monoisotopic (exact) mass is 432 g/mol. The number of hydrogen-bond donors (Lipinski definition) is 3. The molecular formula is C20H28N6O3S. The summed E-state index contributed by atoms with van der Waals surface area (Å²) in [6.07, 6.45) is 2.45. The van der Waals surface area contributed by atoms with Gasteiger partial charge in [0.15, 0.2) is 5.13 Å². The molecule has 0 aliphatic carbocycles. The van der Waals surface area contributed by atoms with Crippen molar-refractivity contribution < 1.29 is 14.6 Å². The summed E-state index contributed by atoms with van der Waals surface area (Å²) in [5.74, 6) is 1.71. The standard InChI is InChI=1S/C20H28N6O3S/c1-14-12-21-19(30-14)24-17-10-15(13-25-6-8-29-9-7-25)11-18(23-17)26-4-2-16(3-5-26)22-20(27)28/h10-12,16,22H,2-9,13H2,1H3,(H,27,28)(H,21,23,24). The molecule has 0 radical (unpaired) electrons. The number of nitrogens with zero attached hydrogens (tertiary/aromatic N) is 4. The molecule has 0 unspecified atom stereocenters. The molecule has 30 heavy (non-hydrogen) atoms. The molecule has 3 N–H and O–H groups in total. The Balaban J connectivity index is 1.51. The van der Waals surface area contributed by atoms with Crippen molar-refractivity contribution >= 4 is 34.2 Å². The molecule has 2 aliphatic heterocycles. The molecule has 10 heteroatoms. The average Bonchev–Trinajstić information content (AvgIpc) is 3.13. The highest BCUT2D eigenvalue weighted by atomic mass is 32.1. The van der Waals surface area contributed by atoms with E-state index in [0.29, 0.717) is 0 Å². The zero-order chi connectivity index (χ0) is 20.9. The van der Waals surface area contributed by atoms with Crippen LogP contribution in [0.5, 0.6) is 0 Å². The maximum Gasteiger partial charge on any atom is 0.404 e. The van der Waals surface area contributed by atoms with Crippen molar-refractivity contribution in [2.75, 3.05) is 49.6 Å². The number of ether oxygens (including phenoxy) is 1. The minimum absolute atomic E-state index is 0.00571. The van der Waals surface area contributed by atoms with Crippen molar-refractivity contribution in [2.24, 2.45) is 0 Å². The minimum Gasteiger partial charge on any atom is -0.465 e. The third kappa shape index (κ3) is 5.59. The second kappa shape index (κ2) is 9.59. The van der Waals surface area contributed by atoms with Crippen LogP contribution in [0.4, 0.5) is 21.6 Å². The van der Waals surface area contributed by atoms with Crippen LogP contribution >= 0.6 is 11.3 Å². The SMILES string of the molecule is Cc1cnc(Nc2cc(CN3CCOCC3)cc(N3CCC(NC(=O)O)CC3)n2)s1. The predicted octanol–water partition coefficient (Wildman–Crippen LogP) is 2.66. The third-order valence-corrected chi connectivity index (χ3v) is 6.21. The Bertz CT molecular complexity index is 862. The fourth-order valence-corrected chi connectivity index (χ4v) is 4.53. The van der Waals surface area contributed by atoms with Crippen LogP contribution in [-0.2, 0) is 11.3 Å². The first-order valence-electron chi connectivity index (χ1n) is 10.3. The van der Waals surface area contributed by atoms with E-state index in [0.717, 1.165) is 80.4 Å². The molecule has 0 aromatic carbocycles. The van der Waals surface area contributed by atoms with Gasteiger partial charge in [0.25, 0.3) is 0 Å². The van der Waals surface area contributed by atoms with E-state index in [1.807, 2.05) is 13.1 Å². The lowest BCUT2D eigenvalue weighted by molar-refractivity contribution is 0.0342. The zero-order valence-corrected chi connectivity index (χ0v) is 18.0. The maximum absolute atomic E-state index is 10.9. The normalized spacial score (nSPS) is 18.4. The first kappa shape index (κ1) is 20.8. The van der Waals surface area contributed by atoms with Crippen LogP contribution in [-0.4, -0.2) is 71.5 Å². The molecule has 4 heterocycles. The highest BCUT2D eigenvalue weighted by Gasteiger charge is 2.22. The second-order valence-corrected chi connectivity index (χ2v) is 8.95. The third-order valence-electron chi connectivity index (χ3n) is 5.38. The molecule has 0 spiro atoms. The van der Waals surface area contributed by atoms with E-state index < -0.39 is 6.09 Å². The average molecular weight is 433 g/mol. The van der Waals surface area contributed by atoms with Gasteiger partial charge in [-0.25, -0.2) is 14.8 Å². The maximum atomic E-state index is 10.9. The van der Waals surface area contributed by atoms with Gasteiger partial charge in [-0.2, -0.15) is 0 Å². The summed E-state index contributed by atoms with van der Waals surface area (Å²) in [4.78, 5) is 25.9. The van der Waals surface area contributed by atoms with Crippen LogP contribution in [0.1, 0.15) is 23.3 Å². The number of hydrogen-bond acceptors (Lipinski definition) is 8. The summed E-state index contributed by atoms with van der Waals surface area (Å²) < 4.78 is 5.47. The summed E-state index contributed by atoms with van der Waals surface area (Å²) in [6, 6.07) is 4.25. The molecule has 9 nitrogen and oxygen atoms in total. The van der Waals surface area contributed by atoms with Crippen LogP contribution in [0.25, 0.3) is 0 Å². The van der Waals surface area contributed by atoms with E-state index in [4.69, 9.17) is 14.8 Å². The van der Waals surface area contributed by atoms with E-state index in [1.165, 1.54) is 5.56 Å². The molecule has 2 aromatic heterocycles. The highest BCUT2D eigenvalue weighted by Crippen LogP contribution is 2.26. The van der Waals surface area contributed by atoms with Gasteiger partial charge in [-0.15, -0.1) is 11.3 Å². The highest BCUT2D eigenvalue weighted by molar-refractivity contribution is 7.15. The fraction of sp³-hybridized carbons (Fsp3) is 0.550. The predicted molar refractivity (Wildman–Crippen MR) is 117 cm³/mol.